The fourth-order valence-electron chi connectivity index (χ4n) is 3.08. The molecule has 0 atom stereocenters. The lowest BCUT2D eigenvalue weighted by atomic mass is 9.92. The minimum absolute atomic E-state index is 0.259. The number of carbonyl (C=O) groups is 1. The predicted octanol–water partition coefficient (Wildman–Crippen LogP) is 1.12. The van der Waals surface area contributed by atoms with Crippen molar-refractivity contribution in [2.75, 3.05) is 26.2 Å². The molecule has 18 heavy (non-hydrogen) atoms. The van der Waals surface area contributed by atoms with Gasteiger partial charge in [-0.3, -0.25) is 4.79 Å². The van der Waals surface area contributed by atoms with Crippen LogP contribution in [0.2, 0.25) is 0 Å². The van der Waals surface area contributed by atoms with Crippen molar-refractivity contribution >= 4 is 5.91 Å². The molecular formula is C14H27N3O. The molecule has 1 aliphatic heterocycles. The average molecular weight is 253 g/mol. The summed E-state index contributed by atoms with van der Waals surface area (Å²) in [5, 5.41) is 6.87. The third-order valence-corrected chi connectivity index (χ3v) is 4.11. The predicted molar refractivity (Wildman–Crippen MR) is 73.5 cm³/mol. The molecule has 1 saturated heterocycles. The van der Waals surface area contributed by atoms with Gasteiger partial charge >= 0.3 is 0 Å². The Morgan fingerprint density at radius 3 is 2.39 bits per heavy atom. The van der Waals surface area contributed by atoms with Gasteiger partial charge in [-0.2, -0.15) is 0 Å². The summed E-state index contributed by atoms with van der Waals surface area (Å²) in [4.78, 5) is 14.5. The molecular weight excluding hydrogens is 226 g/mol. The fraction of sp³-hybridized carbons (Fsp3) is 0.929. The van der Waals surface area contributed by atoms with Gasteiger partial charge in [0, 0.05) is 32.2 Å². The molecule has 4 heteroatoms. The van der Waals surface area contributed by atoms with Gasteiger partial charge in [0.1, 0.15) is 0 Å². The van der Waals surface area contributed by atoms with Gasteiger partial charge in [-0.15, -0.1) is 0 Å². The topological polar surface area (TPSA) is 44.4 Å². The standard InChI is InChI=1S/C14H27N3O/c1-14(2,16-12-6-4-3-5-7-12)13(18)17-10-8-15-9-11-17/h12,15-16H,3-11H2,1-2H3. The van der Waals surface area contributed by atoms with Crippen LogP contribution in [0.3, 0.4) is 0 Å². The van der Waals surface area contributed by atoms with Gasteiger partial charge in [0.2, 0.25) is 5.91 Å². The summed E-state index contributed by atoms with van der Waals surface area (Å²) in [5.74, 6) is 0.259. The lowest BCUT2D eigenvalue weighted by Crippen LogP contribution is -2.60. The van der Waals surface area contributed by atoms with Crippen LogP contribution in [0.25, 0.3) is 0 Å². The molecule has 0 aromatic rings. The molecule has 2 N–H and O–H groups in total. The Balaban J connectivity index is 1.89. The van der Waals surface area contributed by atoms with Crippen LogP contribution in [0, 0.1) is 0 Å². The maximum absolute atomic E-state index is 12.5. The number of hydrogen-bond donors (Lipinski definition) is 2. The molecule has 0 spiro atoms. The highest BCUT2D eigenvalue weighted by Crippen LogP contribution is 2.20. The molecule has 0 aromatic carbocycles. The number of rotatable bonds is 3. The first-order valence-electron chi connectivity index (χ1n) is 7.37. The first kappa shape index (κ1) is 13.8. The van der Waals surface area contributed by atoms with Crippen molar-refractivity contribution in [3.05, 3.63) is 0 Å². The van der Waals surface area contributed by atoms with Crippen LogP contribution in [0.5, 0.6) is 0 Å². The summed E-state index contributed by atoms with van der Waals surface area (Å²) in [5.41, 5.74) is -0.417. The number of piperazine rings is 1. The Morgan fingerprint density at radius 1 is 1.17 bits per heavy atom. The van der Waals surface area contributed by atoms with Gasteiger partial charge < -0.3 is 15.5 Å². The Bertz CT molecular complexity index is 279. The lowest BCUT2D eigenvalue weighted by Gasteiger charge is -2.38. The molecule has 1 heterocycles. The molecule has 1 saturated carbocycles. The van der Waals surface area contributed by atoms with Gasteiger partial charge in [-0.05, 0) is 26.7 Å². The molecule has 0 unspecified atom stereocenters. The van der Waals surface area contributed by atoms with Crippen LogP contribution in [-0.2, 0) is 4.79 Å². The zero-order chi connectivity index (χ0) is 13.0. The van der Waals surface area contributed by atoms with Crippen molar-refractivity contribution in [3.63, 3.8) is 0 Å². The smallest absolute Gasteiger partial charge is 0.242 e. The third-order valence-electron chi connectivity index (χ3n) is 4.11. The summed E-state index contributed by atoms with van der Waals surface area (Å²) in [6.45, 7) is 7.59. The minimum Gasteiger partial charge on any atom is -0.339 e. The van der Waals surface area contributed by atoms with E-state index in [-0.39, 0.29) is 5.91 Å². The zero-order valence-corrected chi connectivity index (χ0v) is 11.8. The monoisotopic (exact) mass is 253 g/mol. The molecule has 4 nitrogen and oxygen atoms in total. The molecule has 0 aromatic heterocycles. The van der Waals surface area contributed by atoms with E-state index in [1.54, 1.807) is 0 Å². The normalized spacial score (nSPS) is 23.1. The molecule has 1 amide bonds. The van der Waals surface area contributed by atoms with Gasteiger partial charge in [0.15, 0.2) is 0 Å². The van der Waals surface area contributed by atoms with Gasteiger partial charge in [0.25, 0.3) is 0 Å². The Labute approximate surface area is 110 Å². The summed E-state index contributed by atoms with van der Waals surface area (Å²) >= 11 is 0. The molecule has 0 bridgehead atoms. The summed E-state index contributed by atoms with van der Waals surface area (Å²) in [6, 6.07) is 0.528. The average Bonchev–Trinajstić information content (AvgIpc) is 2.39. The highest BCUT2D eigenvalue weighted by molar-refractivity contribution is 5.85. The van der Waals surface area contributed by atoms with E-state index in [1.165, 1.54) is 32.1 Å². The van der Waals surface area contributed by atoms with Gasteiger partial charge in [0.05, 0.1) is 5.54 Å². The van der Waals surface area contributed by atoms with Crippen LogP contribution in [0.1, 0.15) is 46.0 Å². The maximum Gasteiger partial charge on any atom is 0.242 e. The molecule has 2 rings (SSSR count). The zero-order valence-electron chi connectivity index (χ0n) is 11.8. The Morgan fingerprint density at radius 2 is 1.78 bits per heavy atom. The largest absolute Gasteiger partial charge is 0.339 e. The number of hydrogen-bond acceptors (Lipinski definition) is 3. The molecule has 0 radical (unpaired) electrons. The summed E-state index contributed by atoms with van der Waals surface area (Å²) in [6.07, 6.45) is 6.39. The first-order chi connectivity index (χ1) is 8.59. The van der Waals surface area contributed by atoms with Crippen LogP contribution in [-0.4, -0.2) is 48.6 Å². The van der Waals surface area contributed by atoms with Crippen molar-refractivity contribution in [2.24, 2.45) is 0 Å². The van der Waals surface area contributed by atoms with Crippen LogP contribution in [0.15, 0.2) is 0 Å². The minimum atomic E-state index is -0.417. The summed E-state index contributed by atoms with van der Waals surface area (Å²) in [7, 11) is 0. The van der Waals surface area contributed by atoms with Crippen molar-refractivity contribution in [2.45, 2.75) is 57.5 Å². The number of nitrogens with zero attached hydrogens (tertiary/aromatic N) is 1. The number of nitrogens with one attached hydrogen (secondary N) is 2. The van der Waals surface area contributed by atoms with Gasteiger partial charge in [-0.25, -0.2) is 0 Å². The molecule has 2 fully saturated rings. The second kappa shape index (κ2) is 6.02. The van der Waals surface area contributed by atoms with Crippen molar-refractivity contribution in [3.8, 4) is 0 Å². The van der Waals surface area contributed by atoms with E-state index in [4.69, 9.17) is 0 Å². The lowest BCUT2D eigenvalue weighted by molar-refractivity contribution is -0.138. The van der Waals surface area contributed by atoms with Gasteiger partial charge in [-0.1, -0.05) is 19.3 Å². The van der Waals surface area contributed by atoms with E-state index < -0.39 is 5.54 Å². The second-order valence-electron chi connectivity index (χ2n) is 6.15. The van der Waals surface area contributed by atoms with E-state index in [0.29, 0.717) is 6.04 Å². The third kappa shape index (κ3) is 3.45. The van der Waals surface area contributed by atoms with E-state index >= 15 is 0 Å². The Hall–Kier alpha value is -0.610. The quantitative estimate of drug-likeness (QED) is 0.792. The highest BCUT2D eigenvalue weighted by Gasteiger charge is 2.34. The molecule has 2 aliphatic rings. The van der Waals surface area contributed by atoms with Crippen LogP contribution in [0.4, 0.5) is 0 Å². The first-order valence-corrected chi connectivity index (χ1v) is 7.37. The van der Waals surface area contributed by atoms with Crippen molar-refractivity contribution in [1.82, 2.24) is 15.5 Å². The second-order valence-corrected chi connectivity index (χ2v) is 6.15. The van der Waals surface area contributed by atoms with E-state index in [1.807, 2.05) is 18.7 Å². The number of carbonyl (C=O) groups excluding carboxylic acids is 1. The molecule has 1 aliphatic carbocycles. The van der Waals surface area contributed by atoms with E-state index in [0.717, 1.165) is 26.2 Å². The van der Waals surface area contributed by atoms with E-state index in [9.17, 15) is 4.79 Å². The maximum atomic E-state index is 12.5. The van der Waals surface area contributed by atoms with Crippen LogP contribution >= 0.6 is 0 Å². The van der Waals surface area contributed by atoms with Crippen molar-refractivity contribution in [1.29, 1.82) is 0 Å². The Kier molecular flexibility index (Phi) is 4.62. The number of amides is 1. The molecule has 104 valence electrons. The summed E-state index contributed by atoms with van der Waals surface area (Å²) < 4.78 is 0. The van der Waals surface area contributed by atoms with Crippen molar-refractivity contribution < 1.29 is 4.79 Å². The fourth-order valence-corrected chi connectivity index (χ4v) is 3.08. The van der Waals surface area contributed by atoms with Crippen LogP contribution < -0.4 is 10.6 Å². The highest BCUT2D eigenvalue weighted by atomic mass is 16.2. The van der Waals surface area contributed by atoms with E-state index in [2.05, 4.69) is 10.6 Å². The SMILES string of the molecule is CC(C)(NC1CCCCC1)C(=O)N1CCNCC1.